The van der Waals surface area contributed by atoms with E-state index >= 15 is 0 Å². The van der Waals surface area contributed by atoms with Crippen LogP contribution in [0.3, 0.4) is 0 Å². The van der Waals surface area contributed by atoms with Crippen LogP contribution in [0.2, 0.25) is 5.32 Å². The van der Waals surface area contributed by atoms with Crippen molar-refractivity contribution in [3.8, 4) is 0 Å². The molecular weight excluding hydrogens is 237 g/mol. The average Bonchev–Trinajstić information content (AvgIpc) is 2.19. The van der Waals surface area contributed by atoms with Gasteiger partial charge < -0.3 is 0 Å². The molecule has 0 saturated carbocycles. The van der Waals surface area contributed by atoms with E-state index in [0.717, 1.165) is 0 Å². The van der Waals surface area contributed by atoms with Crippen LogP contribution in [-0.2, 0) is 0 Å². The summed E-state index contributed by atoms with van der Waals surface area (Å²) in [6.45, 7) is 4.28. The molecule has 0 radical (unpaired) electrons. The number of rotatable bonds is 5. The zero-order valence-corrected chi connectivity index (χ0v) is 10.7. The fraction of sp³-hybridized carbons (Fsp3) is 0.500. The molecule has 1 aromatic carbocycles. The van der Waals surface area contributed by atoms with Gasteiger partial charge >= 0.3 is 93.0 Å². The van der Waals surface area contributed by atoms with E-state index < -0.39 is 0 Å². The third-order valence-corrected chi connectivity index (χ3v) is 4.42. The van der Waals surface area contributed by atoms with E-state index in [1.54, 1.807) is 0 Å². The summed E-state index contributed by atoms with van der Waals surface area (Å²) < 4.78 is 1.49. The summed E-state index contributed by atoms with van der Waals surface area (Å²) in [5.74, 6) is 0. The Kier molecular flexibility index (Phi) is 5.24. The van der Waals surface area contributed by atoms with E-state index in [2.05, 4.69) is 31.2 Å². The van der Waals surface area contributed by atoms with Crippen molar-refractivity contribution in [1.82, 2.24) is 0 Å². The number of hydrogen-bond donors (Lipinski definition) is 1. The summed E-state index contributed by atoms with van der Waals surface area (Å²) in [5, 5.41) is 1.35. The van der Waals surface area contributed by atoms with Crippen molar-refractivity contribution in [3.63, 3.8) is 0 Å². The van der Waals surface area contributed by atoms with Crippen molar-refractivity contribution in [1.29, 1.82) is 0 Å². The van der Waals surface area contributed by atoms with Gasteiger partial charge in [0.2, 0.25) is 0 Å². The molecule has 0 aliphatic carbocycles. The molecular formula is C12H19NSe. The SMILES string of the molecule is CCCC[Se]c1cccc(C(C)N)c1. The average molecular weight is 256 g/mol. The van der Waals surface area contributed by atoms with Gasteiger partial charge in [-0.05, 0) is 0 Å². The molecule has 0 saturated heterocycles. The molecule has 1 nitrogen and oxygen atoms in total. The Morgan fingerprint density at radius 3 is 2.86 bits per heavy atom. The Balaban J connectivity index is 2.55. The van der Waals surface area contributed by atoms with Gasteiger partial charge in [-0.15, -0.1) is 0 Å². The monoisotopic (exact) mass is 257 g/mol. The van der Waals surface area contributed by atoms with Crippen molar-refractivity contribution < 1.29 is 0 Å². The number of unbranched alkanes of at least 4 members (excludes halogenated alkanes) is 1. The molecule has 0 fully saturated rings. The predicted molar refractivity (Wildman–Crippen MR) is 64.1 cm³/mol. The van der Waals surface area contributed by atoms with Crippen LogP contribution in [0.15, 0.2) is 24.3 Å². The summed E-state index contributed by atoms with van der Waals surface area (Å²) in [6, 6.07) is 8.89. The molecule has 2 heteroatoms. The first-order valence-corrected chi connectivity index (χ1v) is 7.29. The van der Waals surface area contributed by atoms with Crippen molar-refractivity contribution >= 4 is 19.4 Å². The fourth-order valence-corrected chi connectivity index (χ4v) is 3.45. The minimum absolute atomic E-state index is 0.164. The Labute approximate surface area is 93.2 Å². The third kappa shape index (κ3) is 3.83. The first kappa shape index (κ1) is 11.8. The van der Waals surface area contributed by atoms with Crippen molar-refractivity contribution in [3.05, 3.63) is 29.8 Å². The van der Waals surface area contributed by atoms with Crippen LogP contribution < -0.4 is 10.2 Å². The van der Waals surface area contributed by atoms with Gasteiger partial charge in [0, 0.05) is 0 Å². The molecule has 0 bridgehead atoms. The molecule has 1 aromatic rings. The van der Waals surface area contributed by atoms with Crippen LogP contribution >= 0.6 is 0 Å². The molecule has 0 spiro atoms. The van der Waals surface area contributed by atoms with Gasteiger partial charge in [0.1, 0.15) is 0 Å². The van der Waals surface area contributed by atoms with Crippen LogP contribution in [0.25, 0.3) is 0 Å². The van der Waals surface area contributed by atoms with Gasteiger partial charge in [0.25, 0.3) is 0 Å². The number of benzene rings is 1. The van der Waals surface area contributed by atoms with Crippen LogP contribution in [0.1, 0.15) is 38.3 Å². The third-order valence-electron chi connectivity index (χ3n) is 2.15. The molecule has 0 heterocycles. The van der Waals surface area contributed by atoms with E-state index in [0.29, 0.717) is 15.0 Å². The molecule has 1 atom stereocenters. The molecule has 0 amide bonds. The number of hydrogen-bond acceptors (Lipinski definition) is 1. The van der Waals surface area contributed by atoms with Gasteiger partial charge in [0.05, 0.1) is 0 Å². The maximum atomic E-state index is 5.84. The number of nitrogens with two attached hydrogens (primary N) is 1. The van der Waals surface area contributed by atoms with E-state index in [4.69, 9.17) is 5.73 Å². The first-order valence-electron chi connectivity index (χ1n) is 5.22. The van der Waals surface area contributed by atoms with Crippen LogP contribution in [-0.4, -0.2) is 15.0 Å². The second-order valence-corrected chi connectivity index (χ2v) is 6.01. The second kappa shape index (κ2) is 6.23. The van der Waals surface area contributed by atoms with Crippen molar-refractivity contribution in [2.75, 3.05) is 0 Å². The van der Waals surface area contributed by atoms with Gasteiger partial charge in [-0.3, -0.25) is 0 Å². The summed E-state index contributed by atoms with van der Waals surface area (Å²) in [4.78, 5) is 0. The standard InChI is InChI=1S/C12H19NSe/c1-3-4-8-14-12-7-5-6-11(9-12)10(2)13/h5-7,9-10H,3-4,8,13H2,1-2H3. The molecule has 0 aromatic heterocycles. The molecule has 0 aliphatic rings. The Bertz CT molecular complexity index is 271. The van der Waals surface area contributed by atoms with Crippen LogP contribution in [0.4, 0.5) is 0 Å². The predicted octanol–water partition coefficient (Wildman–Crippen LogP) is 2.25. The summed E-state index contributed by atoms with van der Waals surface area (Å²) in [6.07, 6.45) is 2.65. The van der Waals surface area contributed by atoms with E-state index in [1.807, 2.05) is 6.92 Å². The van der Waals surface area contributed by atoms with Crippen LogP contribution in [0, 0.1) is 0 Å². The second-order valence-electron chi connectivity index (χ2n) is 3.56. The van der Waals surface area contributed by atoms with Crippen molar-refractivity contribution in [2.24, 2.45) is 5.73 Å². The van der Waals surface area contributed by atoms with Gasteiger partial charge in [-0.1, -0.05) is 0 Å². The van der Waals surface area contributed by atoms with Gasteiger partial charge in [-0.25, -0.2) is 0 Å². The van der Waals surface area contributed by atoms with E-state index in [9.17, 15) is 0 Å². The molecule has 2 N–H and O–H groups in total. The Morgan fingerprint density at radius 1 is 1.43 bits per heavy atom. The normalized spacial score (nSPS) is 12.8. The quantitative estimate of drug-likeness (QED) is 0.634. The minimum atomic E-state index is 0.164. The first-order chi connectivity index (χ1) is 6.74. The summed E-state index contributed by atoms with van der Waals surface area (Å²) in [7, 11) is 0. The van der Waals surface area contributed by atoms with Crippen LogP contribution in [0.5, 0.6) is 0 Å². The molecule has 0 aliphatic heterocycles. The zero-order valence-electron chi connectivity index (χ0n) is 8.99. The topological polar surface area (TPSA) is 26.0 Å². The Hall–Kier alpha value is -0.301. The molecule has 1 unspecified atom stereocenters. The molecule has 14 heavy (non-hydrogen) atoms. The summed E-state index contributed by atoms with van der Waals surface area (Å²) in [5.41, 5.74) is 7.11. The van der Waals surface area contributed by atoms with E-state index in [1.165, 1.54) is 28.2 Å². The fourth-order valence-electron chi connectivity index (χ4n) is 1.22. The van der Waals surface area contributed by atoms with E-state index in [-0.39, 0.29) is 6.04 Å². The zero-order chi connectivity index (χ0) is 10.4. The maximum absolute atomic E-state index is 5.84. The molecule has 1 rings (SSSR count). The van der Waals surface area contributed by atoms with Gasteiger partial charge in [0.15, 0.2) is 0 Å². The Morgan fingerprint density at radius 2 is 2.21 bits per heavy atom. The van der Waals surface area contributed by atoms with Crippen molar-refractivity contribution in [2.45, 2.75) is 38.1 Å². The van der Waals surface area contributed by atoms with Gasteiger partial charge in [-0.2, -0.15) is 0 Å². The summed E-state index contributed by atoms with van der Waals surface area (Å²) >= 11 is 0.640. The molecule has 78 valence electrons.